The third kappa shape index (κ3) is 2.78. The zero-order valence-corrected chi connectivity index (χ0v) is 14.3. The molecule has 0 N–H and O–H groups in total. The highest BCUT2D eigenvalue weighted by Crippen LogP contribution is 2.44. The lowest BCUT2D eigenvalue weighted by atomic mass is 9.76. The van der Waals surface area contributed by atoms with Gasteiger partial charge < -0.3 is 9.64 Å². The number of hydrogen-bond donors (Lipinski definition) is 0. The monoisotopic (exact) mass is 343 g/mol. The number of amides is 1. The predicted octanol–water partition coefficient (Wildman–Crippen LogP) is 3.63. The number of anilines is 1. The Morgan fingerprint density at radius 3 is 2.58 bits per heavy atom. The quantitative estimate of drug-likeness (QED) is 0.631. The topological polar surface area (TPSA) is 46.6 Å². The number of nitrogens with zero attached hydrogens (tertiary/aromatic N) is 1. The lowest BCUT2D eigenvalue weighted by Crippen LogP contribution is -2.45. The van der Waals surface area contributed by atoms with Crippen molar-refractivity contribution in [3.05, 3.63) is 64.7 Å². The number of carbonyl (C=O) groups excluding carboxylic acids is 2. The van der Waals surface area contributed by atoms with Gasteiger partial charge in [-0.1, -0.05) is 41.9 Å². The highest BCUT2D eigenvalue weighted by atomic mass is 35.5. The molecule has 4 nitrogen and oxygen atoms in total. The van der Waals surface area contributed by atoms with Crippen molar-refractivity contribution in [3.8, 4) is 0 Å². The van der Waals surface area contributed by atoms with Gasteiger partial charge in [0, 0.05) is 23.7 Å². The van der Waals surface area contributed by atoms with Crippen LogP contribution in [-0.2, 0) is 14.3 Å². The third-order valence-electron chi connectivity index (χ3n) is 4.32. The standard InChI is InChI=1S/C19H18ClNO3/c1-3-24-19(23)17-16(12-7-5-4-6-8-12)14-11-13(20)9-10-15(14)21(2)18(17)22/h4-11,16-17H,3H2,1-2H3. The van der Waals surface area contributed by atoms with Crippen molar-refractivity contribution in [1.29, 1.82) is 0 Å². The van der Waals surface area contributed by atoms with Crippen molar-refractivity contribution in [1.82, 2.24) is 0 Å². The van der Waals surface area contributed by atoms with Gasteiger partial charge in [0.15, 0.2) is 0 Å². The van der Waals surface area contributed by atoms with Crippen LogP contribution in [0.3, 0.4) is 0 Å². The zero-order valence-electron chi connectivity index (χ0n) is 13.5. The lowest BCUT2D eigenvalue weighted by Gasteiger charge is -2.37. The molecule has 0 bridgehead atoms. The Balaban J connectivity index is 2.21. The molecule has 1 aliphatic heterocycles. The normalized spacial score (nSPS) is 19.8. The minimum atomic E-state index is -0.914. The molecule has 0 radical (unpaired) electrons. The molecule has 2 aromatic carbocycles. The SMILES string of the molecule is CCOC(=O)C1C(=O)N(C)c2ccc(Cl)cc2C1c1ccccc1. The van der Waals surface area contributed by atoms with Crippen molar-refractivity contribution in [3.63, 3.8) is 0 Å². The second-order valence-corrected chi connectivity index (χ2v) is 6.15. The van der Waals surface area contributed by atoms with Crippen LogP contribution in [0.1, 0.15) is 24.0 Å². The first-order valence-electron chi connectivity index (χ1n) is 7.83. The molecule has 5 heteroatoms. The van der Waals surface area contributed by atoms with Crippen molar-refractivity contribution in [2.45, 2.75) is 12.8 Å². The van der Waals surface area contributed by atoms with E-state index < -0.39 is 17.8 Å². The summed E-state index contributed by atoms with van der Waals surface area (Å²) in [7, 11) is 1.67. The number of benzene rings is 2. The van der Waals surface area contributed by atoms with Gasteiger partial charge in [0.2, 0.25) is 5.91 Å². The van der Waals surface area contributed by atoms with Crippen LogP contribution in [0.25, 0.3) is 0 Å². The Labute approximate surface area is 146 Å². The van der Waals surface area contributed by atoms with E-state index in [1.165, 1.54) is 4.90 Å². The summed E-state index contributed by atoms with van der Waals surface area (Å²) in [6.07, 6.45) is 0. The van der Waals surface area contributed by atoms with Gasteiger partial charge in [-0.25, -0.2) is 0 Å². The molecule has 2 unspecified atom stereocenters. The van der Waals surface area contributed by atoms with Crippen LogP contribution in [0.2, 0.25) is 5.02 Å². The van der Waals surface area contributed by atoms with Crippen LogP contribution in [0, 0.1) is 5.92 Å². The Morgan fingerprint density at radius 1 is 1.21 bits per heavy atom. The Bertz CT molecular complexity index is 775. The van der Waals surface area contributed by atoms with Gasteiger partial charge >= 0.3 is 5.97 Å². The van der Waals surface area contributed by atoms with Gasteiger partial charge in [-0.15, -0.1) is 0 Å². The molecule has 24 heavy (non-hydrogen) atoms. The van der Waals surface area contributed by atoms with Gasteiger partial charge in [0.1, 0.15) is 5.92 Å². The Kier molecular flexibility index (Phi) is 4.58. The number of halogens is 1. The minimum absolute atomic E-state index is 0.232. The fourth-order valence-electron chi connectivity index (χ4n) is 3.23. The molecular weight excluding hydrogens is 326 g/mol. The maximum atomic E-state index is 12.9. The summed E-state index contributed by atoms with van der Waals surface area (Å²) in [5, 5.41) is 0.569. The largest absolute Gasteiger partial charge is 0.465 e. The van der Waals surface area contributed by atoms with E-state index in [0.29, 0.717) is 5.02 Å². The Hall–Kier alpha value is -2.33. The molecular formula is C19H18ClNO3. The van der Waals surface area contributed by atoms with Crippen LogP contribution in [0.5, 0.6) is 0 Å². The smallest absolute Gasteiger partial charge is 0.319 e. The fourth-order valence-corrected chi connectivity index (χ4v) is 3.41. The van der Waals surface area contributed by atoms with Crippen LogP contribution in [0.4, 0.5) is 5.69 Å². The highest BCUT2D eigenvalue weighted by Gasteiger charge is 2.45. The summed E-state index contributed by atoms with van der Waals surface area (Å²) in [5.41, 5.74) is 2.51. The molecule has 0 aliphatic carbocycles. The van der Waals surface area contributed by atoms with Gasteiger partial charge in [-0.05, 0) is 36.2 Å². The summed E-state index contributed by atoms with van der Waals surface area (Å²) in [5.74, 6) is -2.10. The van der Waals surface area contributed by atoms with Crippen LogP contribution >= 0.6 is 11.6 Å². The first kappa shape index (κ1) is 16.5. The number of esters is 1. The number of ether oxygens (including phenoxy) is 1. The molecule has 0 spiro atoms. The molecule has 0 fully saturated rings. The summed E-state index contributed by atoms with van der Waals surface area (Å²) < 4.78 is 5.18. The van der Waals surface area contributed by atoms with Crippen molar-refractivity contribution in [2.75, 3.05) is 18.6 Å². The van der Waals surface area contributed by atoms with Gasteiger partial charge in [0.25, 0.3) is 0 Å². The van der Waals surface area contributed by atoms with E-state index >= 15 is 0 Å². The first-order chi connectivity index (χ1) is 11.5. The Morgan fingerprint density at radius 2 is 1.92 bits per heavy atom. The average molecular weight is 344 g/mol. The van der Waals surface area contributed by atoms with Crippen LogP contribution in [-0.4, -0.2) is 25.5 Å². The molecule has 124 valence electrons. The maximum absolute atomic E-state index is 12.9. The number of fused-ring (bicyclic) bond motifs is 1. The van der Waals surface area contributed by atoms with E-state index in [0.717, 1.165) is 16.8 Å². The second-order valence-electron chi connectivity index (χ2n) is 5.72. The summed E-state index contributed by atoms with van der Waals surface area (Å²) in [6, 6.07) is 14.9. The number of hydrogen-bond acceptors (Lipinski definition) is 3. The lowest BCUT2D eigenvalue weighted by molar-refractivity contribution is -0.152. The number of rotatable bonds is 3. The molecule has 0 saturated carbocycles. The van der Waals surface area contributed by atoms with E-state index in [1.54, 1.807) is 20.0 Å². The van der Waals surface area contributed by atoms with Crippen LogP contribution in [0.15, 0.2) is 48.5 Å². The zero-order chi connectivity index (χ0) is 17.3. The fraction of sp³-hybridized carbons (Fsp3) is 0.263. The predicted molar refractivity (Wildman–Crippen MR) is 93.3 cm³/mol. The van der Waals surface area contributed by atoms with E-state index in [2.05, 4.69) is 0 Å². The molecule has 0 saturated heterocycles. The third-order valence-corrected chi connectivity index (χ3v) is 4.55. The van der Waals surface area contributed by atoms with E-state index in [1.807, 2.05) is 42.5 Å². The van der Waals surface area contributed by atoms with Crippen molar-refractivity contribution < 1.29 is 14.3 Å². The summed E-state index contributed by atoms with van der Waals surface area (Å²) >= 11 is 6.18. The maximum Gasteiger partial charge on any atom is 0.319 e. The molecule has 2 aromatic rings. The average Bonchev–Trinajstić information content (AvgIpc) is 2.58. The molecule has 1 aliphatic rings. The van der Waals surface area contributed by atoms with Crippen LogP contribution < -0.4 is 4.90 Å². The van der Waals surface area contributed by atoms with Gasteiger partial charge in [-0.3, -0.25) is 9.59 Å². The molecule has 3 rings (SSSR count). The molecule has 0 aromatic heterocycles. The van der Waals surface area contributed by atoms with E-state index in [-0.39, 0.29) is 12.5 Å². The highest BCUT2D eigenvalue weighted by molar-refractivity contribution is 6.30. The number of carbonyl (C=O) groups is 2. The van der Waals surface area contributed by atoms with E-state index in [4.69, 9.17) is 16.3 Å². The summed E-state index contributed by atoms with van der Waals surface area (Å²) in [6.45, 7) is 1.97. The first-order valence-corrected chi connectivity index (χ1v) is 8.21. The van der Waals surface area contributed by atoms with Gasteiger partial charge in [-0.2, -0.15) is 0 Å². The minimum Gasteiger partial charge on any atom is -0.465 e. The second kappa shape index (κ2) is 6.65. The van der Waals surface area contributed by atoms with E-state index in [9.17, 15) is 9.59 Å². The molecule has 1 heterocycles. The van der Waals surface area contributed by atoms with Crippen molar-refractivity contribution in [2.24, 2.45) is 5.92 Å². The van der Waals surface area contributed by atoms with Crippen molar-refractivity contribution >= 4 is 29.2 Å². The molecule has 1 amide bonds. The van der Waals surface area contributed by atoms with Gasteiger partial charge in [0.05, 0.1) is 6.61 Å². The summed E-state index contributed by atoms with van der Waals surface area (Å²) in [4.78, 5) is 26.9. The molecule has 2 atom stereocenters.